The summed E-state index contributed by atoms with van der Waals surface area (Å²) in [7, 11) is -17.6. The fraction of sp³-hybridized carbons (Fsp3) is 0.111. The van der Waals surface area contributed by atoms with E-state index in [1.54, 1.807) is 0 Å². The molecular formula is C18H21N3O13S4. The molecule has 10 N–H and O–H groups in total. The van der Waals surface area contributed by atoms with Crippen LogP contribution in [0, 0.1) is 0 Å². The first-order chi connectivity index (χ1) is 17.1. The number of nitrogens with two attached hydrogens (primary N) is 3. The number of phenolic OH excluding ortho intramolecular Hbond substituents is 1. The lowest BCUT2D eigenvalue weighted by molar-refractivity contribution is 0.284. The van der Waals surface area contributed by atoms with Gasteiger partial charge in [0.2, 0.25) is 0 Å². The van der Waals surface area contributed by atoms with Crippen molar-refractivity contribution in [2.45, 2.75) is 14.7 Å². The molecular weight excluding hydrogens is 594 g/mol. The summed E-state index contributed by atoms with van der Waals surface area (Å²) in [6, 6.07) is 7.89. The van der Waals surface area contributed by atoms with E-state index in [-0.39, 0.29) is 21.4 Å². The van der Waals surface area contributed by atoms with Crippen LogP contribution in [0.25, 0.3) is 10.8 Å². The van der Waals surface area contributed by atoms with Crippen LogP contribution in [0.2, 0.25) is 0 Å². The van der Waals surface area contributed by atoms with E-state index in [1.807, 2.05) is 0 Å². The number of hydrogen-bond acceptors (Lipinski definition) is 13. The van der Waals surface area contributed by atoms with Crippen LogP contribution in [-0.4, -0.2) is 64.8 Å². The van der Waals surface area contributed by atoms with E-state index in [9.17, 15) is 38.8 Å². The summed E-state index contributed by atoms with van der Waals surface area (Å²) in [4.78, 5) is -1.40. The standard InChI is InChI=1S/C10H10N2O7S2.C8H11NO6S2/c11-9-7(21(17,18)19)2-4-1-5(20(14,15)16)3-6(13)8(4)10(9)12;9-7-1-3-8(4-2-7)16(10,11)6-5-15-17(12,13)14/h1-3,13H,11-12H2,(H,14,15,16)(H,17,18,19);1-4H,5-6,9H2,(H,12,13,14). The molecule has 0 fully saturated rings. The van der Waals surface area contributed by atoms with Crippen molar-refractivity contribution in [1.82, 2.24) is 0 Å². The minimum absolute atomic E-state index is 0.00522. The first-order valence-corrected chi connectivity index (χ1v) is 15.5. The van der Waals surface area contributed by atoms with Gasteiger partial charge >= 0.3 is 10.4 Å². The second-order valence-electron chi connectivity index (χ2n) is 7.33. The molecule has 0 aliphatic rings. The van der Waals surface area contributed by atoms with Crippen molar-refractivity contribution in [3.05, 3.63) is 42.5 Å². The molecule has 0 amide bonds. The van der Waals surface area contributed by atoms with Crippen molar-refractivity contribution in [1.29, 1.82) is 0 Å². The lowest BCUT2D eigenvalue weighted by Gasteiger charge is -2.12. The third-order valence-corrected chi connectivity index (χ3v) is 8.52. The maximum atomic E-state index is 11.6. The number of nitrogen functional groups attached to an aromatic ring is 3. The Morgan fingerprint density at radius 2 is 1.26 bits per heavy atom. The maximum Gasteiger partial charge on any atom is 0.397 e. The first kappa shape index (κ1) is 31.0. The van der Waals surface area contributed by atoms with Crippen LogP contribution in [0.4, 0.5) is 17.1 Å². The average Bonchev–Trinajstić information content (AvgIpc) is 2.74. The van der Waals surface area contributed by atoms with Gasteiger partial charge in [0.05, 0.1) is 33.5 Å². The van der Waals surface area contributed by atoms with Crippen molar-refractivity contribution in [3.8, 4) is 5.75 Å². The van der Waals surface area contributed by atoms with Crippen molar-refractivity contribution >= 4 is 68.3 Å². The third-order valence-electron chi connectivity index (χ3n) is 4.63. The Kier molecular flexibility index (Phi) is 8.85. The lowest BCUT2D eigenvalue weighted by atomic mass is 10.1. The molecule has 0 bridgehead atoms. The Bertz CT molecular complexity index is 1800. The second kappa shape index (κ2) is 10.9. The van der Waals surface area contributed by atoms with Crippen molar-refractivity contribution < 1.29 is 56.6 Å². The molecule has 0 aliphatic heterocycles. The van der Waals surface area contributed by atoms with E-state index in [2.05, 4.69) is 4.18 Å². The quantitative estimate of drug-likeness (QED) is 0.136. The van der Waals surface area contributed by atoms with Crippen LogP contribution < -0.4 is 17.2 Å². The molecule has 0 saturated heterocycles. The van der Waals surface area contributed by atoms with Crippen LogP contribution in [0.3, 0.4) is 0 Å². The van der Waals surface area contributed by atoms with E-state index < -0.39 is 74.1 Å². The molecule has 16 nitrogen and oxygen atoms in total. The highest BCUT2D eigenvalue weighted by molar-refractivity contribution is 7.91. The van der Waals surface area contributed by atoms with E-state index in [0.717, 1.165) is 18.2 Å². The summed E-state index contributed by atoms with van der Waals surface area (Å²) in [5.41, 5.74) is 16.1. The monoisotopic (exact) mass is 615 g/mol. The van der Waals surface area contributed by atoms with Crippen LogP contribution in [0.15, 0.2) is 57.2 Å². The molecule has 0 radical (unpaired) electrons. The van der Waals surface area contributed by atoms with Crippen LogP contribution >= 0.6 is 0 Å². The van der Waals surface area contributed by atoms with Gasteiger partial charge in [-0.25, -0.2) is 12.6 Å². The zero-order valence-corrected chi connectivity index (χ0v) is 22.0. The van der Waals surface area contributed by atoms with E-state index >= 15 is 0 Å². The van der Waals surface area contributed by atoms with Gasteiger partial charge in [0.25, 0.3) is 20.2 Å². The minimum Gasteiger partial charge on any atom is -0.507 e. The largest absolute Gasteiger partial charge is 0.507 e. The molecule has 210 valence electrons. The lowest BCUT2D eigenvalue weighted by Crippen LogP contribution is -2.15. The summed E-state index contributed by atoms with van der Waals surface area (Å²) in [5, 5.41) is 9.55. The van der Waals surface area contributed by atoms with Gasteiger partial charge in [-0.05, 0) is 41.8 Å². The summed E-state index contributed by atoms with van der Waals surface area (Å²) < 4.78 is 119. The smallest absolute Gasteiger partial charge is 0.397 e. The van der Waals surface area contributed by atoms with Gasteiger partial charge in [-0.15, -0.1) is 0 Å². The normalized spacial score (nSPS) is 12.6. The Labute approximate surface area is 217 Å². The Balaban J connectivity index is 0.000000273. The number of anilines is 3. The molecule has 0 aromatic heterocycles. The van der Waals surface area contributed by atoms with Crippen LogP contribution in [0.1, 0.15) is 0 Å². The van der Waals surface area contributed by atoms with Crippen molar-refractivity contribution in [2.24, 2.45) is 0 Å². The van der Waals surface area contributed by atoms with Crippen LogP contribution in [-0.2, 0) is 44.7 Å². The third kappa shape index (κ3) is 7.88. The Morgan fingerprint density at radius 1 is 0.711 bits per heavy atom. The second-order valence-corrected chi connectivity index (χ2v) is 13.3. The summed E-state index contributed by atoms with van der Waals surface area (Å²) in [6.07, 6.45) is 0. The highest BCUT2D eigenvalue weighted by Gasteiger charge is 2.22. The van der Waals surface area contributed by atoms with Gasteiger partial charge in [0.15, 0.2) is 9.84 Å². The van der Waals surface area contributed by atoms with Gasteiger partial charge in [-0.2, -0.15) is 25.3 Å². The number of phenols is 1. The zero-order valence-electron chi connectivity index (χ0n) is 18.8. The fourth-order valence-corrected chi connectivity index (χ4v) is 5.61. The first-order valence-electron chi connectivity index (χ1n) is 9.63. The Hall–Kier alpha value is -3.24. The van der Waals surface area contributed by atoms with Crippen molar-refractivity contribution in [2.75, 3.05) is 29.6 Å². The van der Waals surface area contributed by atoms with E-state index in [1.165, 1.54) is 24.3 Å². The molecule has 0 aliphatic carbocycles. The van der Waals surface area contributed by atoms with Gasteiger partial charge in [-0.3, -0.25) is 13.7 Å². The molecule has 38 heavy (non-hydrogen) atoms. The molecule has 3 rings (SSSR count). The molecule has 3 aromatic rings. The van der Waals surface area contributed by atoms with Gasteiger partial charge in [0, 0.05) is 17.1 Å². The van der Waals surface area contributed by atoms with Crippen molar-refractivity contribution in [3.63, 3.8) is 0 Å². The highest BCUT2D eigenvalue weighted by atomic mass is 32.3. The fourth-order valence-electron chi connectivity index (χ4n) is 2.92. The SMILES string of the molecule is Nc1c(S(=O)(=O)O)cc2cc(S(=O)(=O)O)cc(O)c2c1N.Nc1ccc(S(=O)(=O)CCOS(=O)(=O)O)cc1. The number of fused-ring (bicyclic) bond motifs is 1. The van der Waals surface area contributed by atoms with E-state index in [4.69, 9.17) is 30.9 Å². The van der Waals surface area contributed by atoms with E-state index in [0.29, 0.717) is 5.69 Å². The number of rotatable bonds is 7. The number of sulfone groups is 1. The Morgan fingerprint density at radius 3 is 1.74 bits per heavy atom. The van der Waals surface area contributed by atoms with Crippen LogP contribution in [0.5, 0.6) is 5.75 Å². The molecule has 0 saturated carbocycles. The predicted molar refractivity (Wildman–Crippen MR) is 134 cm³/mol. The summed E-state index contributed by atoms with van der Waals surface area (Å²) in [5.74, 6) is -1.18. The maximum absolute atomic E-state index is 11.6. The highest BCUT2D eigenvalue weighted by Crippen LogP contribution is 2.39. The van der Waals surface area contributed by atoms with Gasteiger partial charge in [-0.1, -0.05) is 0 Å². The molecule has 0 atom stereocenters. The van der Waals surface area contributed by atoms with Gasteiger partial charge in [0.1, 0.15) is 10.6 Å². The zero-order chi connectivity index (χ0) is 29.3. The predicted octanol–water partition coefficient (Wildman–Crippen LogP) is 0.0651. The molecule has 0 unspecified atom stereocenters. The molecule has 3 aromatic carbocycles. The van der Waals surface area contributed by atoms with Gasteiger partial charge < -0.3 is 22.3 Å². The topological polar surface area (TPSA) is 305 Å². The molecule has 20 heteroatoms. The number of hydrogen-bond donors (Lipinski definition) is 7. The summed E-state index contributed by atoms with van der Waals surface area (Å²) in [6.45, 7) is -0.647. The number of benzene rings is 3. The summed E-state index contributed by atoms with van der Waals surface area (Å²) >= 11 is 0. The molecule has 0 spiro atoms. The minimum atomic E-state index is -4.71. The molecule has 0 heterocycles. The average molecular weight is 616 g/mol. The number of aromatic hydroxyl groups is 1.